The zero-order valence-electron chi connectivity index (χ0n) is 12.2. The Labute approximate surface area is 119 Å². The highest BCUT2D eigenvalue weighted by Crippen LogP contribution is 2.43. The predicted molar refractivity (Wildman–Crippen MR) is 76.3 cm³/mol. The molecule has 1 heterocycles. The SMILES string of the molecule is CCOc1cc(CO)cc2c1OC(CC)C(=O)N2CC. The van der Waals surface area contributed by atoms with Gasteiger partial charge in [-0.3, -0.25) is 4.79 Å². The number of aliphatic hydroxyl groups excluding tert-OH is 1. The van der Waals surface area contributed by atoms with Crippen molar-refractivity contribution in [1.82, 2.24) is 0 Å². The molecule has 1 unspecified atom stereocenters. The van der Waals surface area contributed by atoms with Crippen LogP contribution in [0.4, 0.5) is 5.69 Å². The van der Waals surface area contributed by atoms with Gasteiger partial charge < -0.3 is 19.5 Å². The van der Waals surface area contributed by atoms with E-state index < -0.39 is 6.10 Å². The van der Waals surface area contributed by atoms with E-state index in [1.165, 1.54) is 0 Å². The number of hydrogen-bond donors (Lipinski definition) is 1. The van der Waals surface area contributed by atoms with Crippen LogP contribution in [0.3, 0.4) is 0 Å². The van der Waals surface area contributed by atoms with Crippen molar-refractivity contribution in [2.75, 3.05) is 18.1 Å². The van der Waals surface area contributed by atoms with Crippen LogP contribution in [0.25, 0.3) is 0 Å². The van der Waals surface area contributed by atoms with E-state index in [0.717, 1.165) is 0 Å². The van der Waals surface area contributed by atoms with Gasteiger partial charge in [0.05, 0.1) is 18.9 Å². The topological polar surface area (TPSA) is 59.0 Å². The summed E-state index contributed by atoms with van der Waals surface area (Å²) >= 11 is 0. The fourth-order valence-corrected chi connectivity index (χ4v) is 2.39. The highest BCUT2D eigenvalue weighted by Gasteiger charge is 2.34. The van der Waals surface area contributed by atoms with Crippen molar-refractivity contribution in [3.05, 3.63) is 17.7 Å². The minimum atomic E-state index is -0.471. The van der Waals surface area contributed by atoms with Gasteiger partial charge >= 0.3 is 0 Å². The molecule has 20 heavy (non-hydrogen) atoms. The van der Waals surface area contributed by atoms with Crippen LogP contribution in [0.15, 0.2) is 12.1 Å². The smallest absolute Gasteiger partial charge is 0.268 e. The number of ether oxygens (including phenoxy) is 2. The molecule has 110 valence electrons. The van der Waals surface area contributed by atoms with Gasteiger partial charge in [-0.25, -0.2) is 0 Å². The fourth-order valence-electron chi connectivity index (χ4n) is 2.39. The van der Waals surface area contributed by atoms with E-state index in [1.54, 1.807) is 17.0 Å². The van der Waals surface area contributed by atoms with E-state index >= 15 is 0 Å². The number of rotatable bonds is 5. The summed E-state index contributed by atoms with van der Waals surface area (Å²) in [5.41, 5.74) is 1.38. The summed E-state index contributed by atoms with van der Waals surface area (Å²) < 4.78 is 11.4. The standard InChI is InChI=1S/C15H21NO4/c1-4-12-15(18)16(5-2)11-7-10(9-17)8-13(19-6-3)14(11)20-12/h7-8,12,17H,4-6,9H2,1-3H3. The molecule has 0 spiro atoms. The highest BCUT2D eigenvalue weighted by molar-refractivity contribution is 6.00. The van der Waals surface area contributed by atoms with Crippen LogP contribution in [-0.2, 0) is 11.4 Å². The van der Waals surface area contributed by atoms with Crippen molar-refractivity contribution in [3.63, 3.8) is 0 Å². The molecular formula is C15H21NO4. The van der Waals surface area contributed by atoms with Crippen LogP contribution in [0.2, 0.25) is 0 Å². The number of hydrogen-bond acceptors (Lipinski definition) is 4. The van der Waals surface area contributed by atoms with Gasteiger partial charge in [-0.2, -0.15) is 0 Å². The van der Waals surface area contributed by atoms with Crippen LogP contribution in [0, 0.1) is 0 Å². The summed E-state index contributed by atoms with van der Waals surface area (Å²) in [6.45, 7) is 6.69. The molecule has 2 rings (SSSR count). The third kappa shape index (κ3) is 2.45. The third-order valence-electron chi connectivity index (χ3n) is 3.36. The number of amides is 1. The molecule has 0 aliphatic carbocycles. The molecule has 0 fully saturated rings. The first kappa shape index (κ1) is 14.7. The van der Waals surface area contributed by atoms with E-state index in [1.807, 2.05) is 20.8 Å². The second-order valence-electron chi connectivity index (χ2n) is 4.63. The van der Waals surface area contributed by atoms with Crippen molar-refractivity contribution < 1.29 is 19.4 Å². The zero-order valence-corrected chi connectivity index (χ0v) is 12.2. The van der Waals surface area contributed by atoms with Gasteiger partial charge in [-0.15, -0.1) is 0 Å². The van der Waals surface area contributed by atoms with E-state index in [9.17, 15) is 9.90 Å². The molecular weight excluding hydrogens is 258 g/mol. The van der Waals surface area contributed by atoms with E-state index in [2.05, 4.69) is 0 Å². The Morgan fingerprint density at radius 2 is 2.10 bits per heavy atom. The van der Waals surface area contributed by atoms with Gasteiger partial charge in [-0.1, -0.05) is 6.92 Å². The number of aliphatic hydroxyl groups is 1. The number of fused-ring (bicyclic) bond motifs is 1. The largest absolute Gasteiger partial charge is 0.490 e. The molecule has 0 radical (unpaired) electrons. The second-order valence-corrected chi connectivity index (χ2v) is 4.63. The Hall–Kier alpha value is -1.75. The maximum Gasteiger partial charge on any atom is 0.268 e. The summed E-state index contributed by atoms with van der Waals surface area (Å²) in [5, 5.41) is 9.36. The first-order valence-corrected chi connectivity index (χ1v) is 7.04. The second kappa shape index (κ2) is 6.13. The molecule has 1 N–H and O–H groups in total. The summed E-state index contributed by atoms with van der Waals surface area (Å²) in [6.07, 6.45) is 0.142. The van der Waals surface area contributed by atoms with Crippen molar-refractivity contribution in [2.45, 2.75) is 39.9 Å². The van der Waals surface area contributed by atoms with Gasteiger partial charge in [0, 0.05) is 6.54 Å². The van der Waals surface area contributed by atoms with Crippen molar-refractivity contribution in [2.24, 2.45) is 0 Å². The zero-order chi connectivity index (χ0) is 14.7. The van der Waals surface area contributed by atoms with Crippen LogP contribution >= 0.6 is 0 Å². The predicted octanol–water partition coefficient (Wildman–Crippen LogP) is 2.10. The number of carbonyl (C=O) groups excluding carboxylic acids is 1. The van der Waals surface area contributed by atoms with Crippen molar-refractivity contribution in [3.8, 4) is 11.5 Å². The quantitative estimate of drug-likeness (QED) is 0.896. The lowest BCUT2D eigenvalue weighted by Crippen LogP contribution is -2.45. The molecule has 1 aromatic carbocycles. The summed E-state index contributed by atoms with van der Waals surface area (Å²) in [7, 11) is 0. The Kier molecular flexibility index (Phi) is 4.49. The molecule has 0 saturated carbocycles. The number of nitrogens with zero attached hydrogens (tertiary/aromatic N) is 1. The molecule has 1 aliphatic heterocycles. The first-order chi connectivity index (χ1) is 9.65. The van der Waals surface area contributed by atoms with Crippen molar-refractivity contribution in [1.29, 1.82) is 0 Å². The van der Waals surface area contributed by atoms with E-state index in [-0.39, 0.29) is 12.5 Å². The maximum atomic E-state index is 12.3. The molecule has 0 aromatic heterocycles. The Morgan fingerprint density at radius 1 is 1.35 bits per heavy atom. The molecule has 5 heteroatoms. The molecule has 1 aromatic rings. The average Bonchev–Trinajstić information content (AvgIpc) is 2.46. The maximum absolute atomic E-state index is 12.3. The fraction of sp³-hybridized carbons (Fsp3) is 0.533. The van der Waals surface area contributed by atoms with Crippen LogP contribution < -0.4 is 14.4 Å². The molecule has 1 amide bonds. The third-order valence-corrected chi connectivity index (χ3v) is 3.36. The van der Waals surface area contributed by atoms with E-state index in [0.29, 0.717) is 42.3 Å². The Balaban J connectivity index is 2.55. The van der Waals surface area contributed by atoms with Crippen molar-refractivity contribution >= 4 is 11.6 Å². The molecule has 1 atom stereocenters. The lowest BCUT2D eigenvalue weighted by molar-refractivity contribution is -0.126. The number of likely N-dealkylation sites (N-methyl/N-ethyl adjacent to an activating group) is 1. The summed E-state index contributed by atoms with van der Waals surface area (Å²) in [4.78, 5) is 14.0. The number of carbonyl (C=O) groups is 1. The van der Waals surface area contributed by atoms with Crippen LogP contribution in [-0.4, -0.2) is 30.3 Å². The first-order valence-electron chi connectivity index (χ1n) is 7.04. The van der Waals surface area contributed by atoms with Gasteiger partial charge in [-0.05, 0) is 38.0 Å². The van der Waals surface area contributed by atoms with Crippen LogP contribution in [0.5, 0.6) is 11.5 Å². The van der Waals surface area contributed by atoms with Gasteiger partial charge in [0.2, 0.25) is 0 Å². The lowest BCUT2D eigenvalue weighted by Gasteiger charge is -2.34. The molecule has 5 nitrogen and oxygen atoms in total. The average molecular weight is 279 g/mol. The Morgan fingerprint density at radius 3 is 2.65 bits per heavy atom. The van der Waals surface area contributed by atoms with Gasteiger partial charge in [0.1, 0.15) is 0 Å². The van der Waals surface area contributed by atoms with E-state index in [4.69, 9.17) is 9.47 Å². The van der Waals surface area contributed by atoms with Gasteiger partial charge in [0.15, 0.2) is 17.6 Å². The monoisotopic (exact) mass is 279 g/mol. The minimum absolute atomic E-state index is 0.0416. The number of anilines is 1. The van der Waals surface area contributed by atoms with Gasteiger partial charge in [0.25, 0.3) is 5.91 Å². The summed E-state index contributed by atoms with van der Waals surface area (Å²) in [5.74, 6) is 1.14. The number of benzene rings is 1. The molecule has 0 bridgehead atoms. The van der Waals surface area contributed by atoms with Crippen LogP contribution in [0.1, 0.15) is 32.8 Å². The normalized spacial score (nSPS) is 17.7. The lowest BCUT2D eigenvalue weighted by atomic mass is 10.1. The molecule has 1 aliphatic rings. The highest BCUT2D eigenvalue weighted by atomic mass is 16.5. The molecule has 0 saturated heterocycles. The Bertz CT molecular complexity index is 501. The minimum Gasteiger partial charge on any atom is -0.490 e. The summed E-state index contributed by atoms with van der Waals surface area (Å²) in [6, 6.07) is 3.55.